The molecule has 3 nitrogen and oxygen atoms in total. The molecule has 1 amide bonds. The van der Waals surface area contributed by atoms with Crippen molar-refractivity contribution in [2.24, 2.45) is 11.7 Å². The number of amides is 1. The molecule has 0 aliphatic carbocycles. The Morgan fingerprint density at radius 2 is 1.79 bits per heavy atom. The highest BCUT2D eigenvalue weighted by atomic mass is 16.2. The van der Waals surface area contributed by atoms with E-state index in [0.717, 1.165) is 25.9 Å². The Bertz CT molecular complexity index is 157. The fourth-order valence-electron chi connectivity index (χ4n) is 1.40. The topological polar surface area (TPSA) is 46.3 Å². The van der Waals surface area contributed by atoms with Crippen LogP contribution >= 0.6 is 0 Å². The zero-order valence-electron chi connectivity index (χ0n) is 9.75. The van der Waals surface area contributed by atoms with Crippen LogP contribution in [-0.4, -0.2) is 30.9 Å². The van der Waals surface area contributed by atoms with Crippen LogP contribution in [0.25, 0.3) is 0 Å². The molecule has 0 atom stereocenters. The monoisotopic (exact) mass is 200 g/mol. The fraction of sp³-hybridized carbons (Fsp3) is 0.909. The predicted octanol–water partition coefficient (Wildman–Crippen LogP) is 1.62. The van der Waals surface area contributed by atoms with Gasteiger partial charge in [0.25, 0.3) is 0 Å². The maximum absolute atomic E-state index is 11.5. The van der Waals surface area contributed by atoms with Crippen molar-refractivity contribution in [1.29, 1.82) is 0 Å². The van der Waals surface area contributed by atoms with Gasteiger partial charge in [0.1, 0.15) is 0 Å². The first kappa shape index (κ1) is 13.4. The van der Waals surface area contributed by atoms with Crippen molar-refractivity contribution in [3.8, 4) is 0 Å². The first-order valence-electron chi connectivity index (χ1n) is 5.54. The molecule has 0 rings (SSSR count). The van der Waals surface area contributed by atoms with Crippen LogP contribution in [0.2, 0.25) is 0 Å². The van der Waals surface area contributed by atoms with E-state index in [9.17, 15) is 4.79 Å². The van der Waals surface area contributed by atoms with Crippen LogP contribution in [0.3, 0.4) is 0 Å². The third-order valence-electron chi connectivity index (χ3n) is 2.32. The summed E-state index contributed by atoms with van der Waals surface area (Å²) in [5.41, 5.74) is 5.39. The number of hydrogen-bond acceptors (Lipinski definition) is 2. The molecular formula is C11H24N2O. The Labute approximate surface area is 87.6 Å². The molecule has 0 aliphatic heterocycles. The van der Waals surface area contributed by atoms with E-state index in [1.807, 2.05) is 25.8 Å². The van der Waals surface area contributed by atoms with Crippen molar-refractivity contribution in [3.63, 3.8) is 0 Å². The molecule has 0 aromatic rings. The summed E-state index contributed by atoms with van der Waals surface area (Å²) in [6.07, 6.45) is 4.55. The molecule has 0 unspecified atom stereocenters. The lowest BCUT2D eigenvalue weighted by atomic mass is 10.1. The molecule has 3 heteroatoms. The number of nitrogens with two attached hydrogens (primary N) is 1. The minimum absolute atomic E-state index is 0.115. The number of carbonyl (C=O) groups is 1. The molecule has 0 fully saturated rings. The van der Waals surface area contributed by atoms with Crippen molar-refractivity contribution < 1.29 is 4.79 Å². The van der Waals surface area contributed by atoms with E-state index in [0.29, 0.717) is 0 Å². The molecule has 0 saturated carbocycles. The van der Waals surface area contributed by atoms with E-state index in [1.165, 1.54) is 12.8 Å². The van der Waals surface area contributed by atoms with Gasteiger partial charge in [-0.05, 0) is 19.4 Å². The molecule has 0 aliphatic rings. The van der Waals surface area contributed by atoms with Crippen molar-refractivity contribution in [2.45, 2.75) is 39.5 Å². The van der Waals surface area contributed by atoms with Crippen molar-refractivity contribution >= 4 is 5.91 Å². The quantitative estimate of drug-likeness (QED) is 0.635. The highest BCUT2D eigenvalue weighted by Crippen LogP contribution is 2.03. The van der Waals surface area contributed by atoms with Gasteiger partial charge in [-0.25, -0.2) is 0 Å². The van der Waals surface area contributed by atoms with E-state index in [-0.39, 0.29) is 11.8 Å². The summed E-state index contributed by atoms with van der Waals surface area (Å²) >= 11 is 0. The van der Waals surface area contributed by atoms with Gasteiger partial charge in [0.2, 0.25) is 5.91 Å². The van der Waals surface area contributed by atoms with Crippen molar-refractivity contribution in [1.82, 2.24) is 4.90 Å². The molecule has 0 radical (unpaired) electrons. The average molecular weight is 200 g/mol. The Morgan fingerprint density at radius 3 is 2.29 bits per heavy atom. The summed E-state index contributed by atoms with van der Waals surface area (Å²) in [5, 5.41) is 0. The summed E-state index contributed by atoms with van der Waals surface area (Å²) in [5.74, 6) is 0.355. The average Bonchev–Trinajstić information content (AvgIpc) is 2.16. The molecule has 14 heavy (non-hydrogen) atoms. The molecule has 0 spiro atoms. The lowest BCUT2D eigenvalue weighted by Crippen LogP contribution is -2.31. The van der Waals surface area contributed by atoms with Crippen LogP contribution in [0.4, 0.5) is 0 Å². The minimum Gasteiger partial charge on any atom is -0.346 e. The van der Waals surface area contributed by atoms with Crippen LogP contribution in [0.15, 0.2) is 0 Å². The van der Waals surface area contributed by atoms with Gasteiger partial charge >= 0.3 is 0 Å². The lowest BCUT2D eigenvalue weighted by Gasteiger charge is -2.19. The summed E-state index contributed by atoms with van der Waals surface area (Å²) in [4.78, 5) is 13.3. The van der Waals surface area contributed by atoms with Crippen LogP contribution in [0, 0.1) is 5.92 Å². The SMILES string of the molecule is CC(C)C(=O)N(C)CCCCCCN. The van der Waals surface area contributed by atoms with Gasteiger partial charge in [-0.15, -0.1) is 0 Å². The van der Waals surface area contributed by atoms with Crippen LogP contribution < -0.4 is 5.73 Å². The third-order valence-corrected chi connectivity index (χ3v) is 2.32. The Kier molecular flexibility index (Phi) is 7.48. The van der Waals surface area contributed by atoms with Gasteiger partial charge in [-0.3, -0.25) is 4.79 Å². The highest BCUT2D eigenvalue weighted by Gasteiger charge is 2.11. The zero-order valence-corrected chi connectivity index (χ0v) is 9.75. The number of carbonyl (C=O) groups excluding carboxylic acids is 1. The Balaban J connectivity index is 3.44. The molecule has 0 bridgehead atoms. The predicted molar refractivity (Wildman–Crippen MR) is 60.0 cm³/mol. The molecule has 0 aromatic heterocycles. The van der Waals surface area contributed by atoms with Crippen LogP contribution in [0.1, 0.15) is 39.5 Å². The second-order valence-corrected chi connectivity index (χ2v) is 4.12. The maximum Gasteiger partial charge on any atom is 0.224 e. The van der Waals surface area contributed by atoms with Gasteiger partial charge < -0.3 is 10.6 Å². The highest BCUT2D eigenvalue weighted by molar-refractivity contribution is 5.77. The zero-order chi connectivity index (χ0) is 11.0. The van der Waals surface area contributed by atoms with Gasteiger partial charge in [0, 0.05) is 19.5 Å². The minimum atomic E-state index is 0.115. The number of unbranched alkanes of at least 4 members (excludes halogenated alkanes) is 3. The van der Waals surface area contributed by atoms with Gasteiger partial charge in [-0.1, -0.05) is 26.7 Å². The van der Waals surface area contributed by atoms with E-state index in [4.69, 9.17) is 5.73 Å². The summed E-state index contributed by atoms with van der Waals surface area (Å²) in [6, 6.07) is 0. The van der Waals surface area contributed by atoms with Crippen LogP contribution in [0.5, 0.6) is 0 Å². The summed E-state index contributed by atoms with van der Waals surface area (Å²) < 4.78 is 0. The number of nitrogens with zero attached hydrogens (tertiary/aromatic N) is 1. The standard InChI is InChI=1S/C11H24N2O/c1-10(2)11(14)13(3)9-7-5-4-6-8-12/h10H,4-9,12H2,1-3H3. The first-order chi connectivity index (χ1) is 6.59. The van der Waals surface area contributed by atoms with Crippen molar-refractivity contribution in [2.75, 3.05) is 20.1 Å². The molecule has 2 N–H and O–H groups in total. The lowest BCUT2D eigenvalue weighted by molar-refractivity contribution is -0.133. The largest absolute Gasteiger partial charge is 0.346 e. The molecule has 0 aromatic carbocycles. The van der Waals surface area contributed by atoms with E-state index >= 15 is 0 Å². The fourth-order valence-corrected chi connectivity index (χ4v) is 1.40. The Morgan fingerprint density at radius 1 is 1.21 bits per heavy atom. The second-order valence-electron chi connectivity index (χ2n) is 4.12. The first-order valence-corrected chi connectivity index (χ1v) is 5.54. The van der Waals surface area contributed by atoms with Crippen molar-refractivity contribution in [3.05, 3.63) is 0 Å². The molecule has 0 saturated heterocycles. The summed E-state index contributed by atoms with van der Waals surface area (Å²) in [7, 11) is 1.88. The summed E-state index contributed by atoms with van der Waals surface area (Å²) in [6.45, 7) is 5.53. The van der Waals surface area contributed by atoms with Gasteiger partial charge in [-0.2, -0.15) is 0 Å². The van der Waals surface area contributed by atoms with E-state index < -0.39 is 0 Å². The van der Waals surface area contributed by atoms with Crippen LogP contribution in [-0.2, 0) is 4.79 Å². The van der Waals surface area contributed by atoms with E-state index in [1.54, 1.807) is 0 Å². The molecule has 84 valence electrons. The molecular weight excluding hydrogens is 176 g/mol. The second kappa shape index (κ2) is 7.80. The number of rotatable bonds is 7. The molecule has 0 heterocycles. The number of hydrogen-bond donors (Lipinski definition) is 1. The third kappa shape index (κ3) is 5.97. The normalized spacial score (nSPS) is 10.6. The van der Waals surface area contributed by atoms with E-state index in [2.05, 4.69) is 0 Å². The smallest absolute Gasteiger partial charge is 0.224 e. The maximum atomic E-state index is 11.5. The van der Waals surface area contributed by atoms with Gasteiger partial charge in [0.15, 0.2) is 0 Å². The Hall–Kier alpha value is -0.570. The van der Waals surface area contributed by atoms with Gasteiger partial charge in [0.05, 0.1) is 0 Å².